The number of alkyl halides is 1. The second kappa shape index (κ2) is 4.73. The molecule has 0 saturated heterocycles. The third-order valence-corrected chi connectivity index (χ3v) is 4.20. The molecule has 2 nitrogen and oxygen atoms in total. The van der Waals surface area contributed by atoms with E-state index in [0.717, 1.165) is 31.6 Å². The Labute approximate surface area is 96.8 Å². The molecule has 1 amide bonds. The van der Waals surface area contributed by atoms with E-state index in [4.69, 9.17) is 11.6 Å². The fourth-order valence-corrected chi connectivity index (χ4v) is 2.62. The van der Waals surface area contributed by atoms with Crippen molar-refractivity contribution < 1.29 is 4.79 Å². The van der Waals surface area contributed by atoms with Crippen molar-refractivity contribution in [2.24, 2.45) is 11.8 Å². The van der Waals surface area contributed by atoms with Crippen molar-refractivity contribution in [3.63, 3.8) is 0 Å². The van der Waals surface area contributed by atoms with Crippen LogP contribution in [0.2, 0.25) is 0 Å². The first-order chi connectivity index (χ1) is 7.16. The number of rotatable bonds is 3. The molecule has 2 saturated carbocycles. The molecule has 0 aromatic rings. The van der Waals surface area contributed by atoms with Crippen LogP contribution in [0.3, 0.4) is 0 Å². The fourth-order valence-electron chi connectivity index (χ4n) is 2.30. The summed E-state index contributed by atoms with van der Waals surface area (Å²) in [5.41, 5.74) is 0. The lowest BCUT2D eigenvalue weighted by molar-refractivity contribution is -0.122. The standard InChI is InChI=1S/C12H20ClNO/c1-8-2-4-9(5-3-8)11(13)12(15)14-10-6-7-10/h8-11H,2-7H2,1H3,(H,14,15). The molecule has 1 N–H and O–H groups in total. The minimum atomic E-state index is -0.293. The van der Waals surface area contributed by atoms with E-state index < -0.39 is 0 Å². The van der Waals surface area contributed by atoms with Crippen LogP contribution < -0.4 is 5.32 Å². The Hall–Kier alpha value is -0.240. The highest BCUT2D eigenvalue weighted by Gasteiger charge is 2.32. The van der Waals surface area contributed by atoms with Gasteiger partial charge in [0.1, 0.15) is 5.38 Å². The van der Waals surface area contributed by atoms with Crippen LogP contribution in [0.25, 0.3) is 0 Å². The third kappa shape index (κ3) is 3.10. The average molecular weight is 230 g/mol. The van der Waals surface area contributed by atoms with Crippen molar-refractivity contribution in [3.05, 3.63) is 0 Å². The number of halogens is 1. The van der Waals surface area contributed by atoms with Crippen LogP contribution in [0.15, 0.2) is 0 Å². The number of amides is 1. The van der Waals surface area contributed by atoms with Gasteiger partial charge in [-0.15, -0.1) is 11.6 Å². The van der Waals surface area contributed by atoms with Gasteiger partial charge in [0.2, 0.25) is 5.91 Å². The molecule has 0 aliphatic heterocycles. The molecule has 0 spiro atoms. The second-order valence-electron chi connectivity index (χ2n) is 5.20. The third-order valence-electron chi connectivity index (χ3n) is 3.65. The molecule has 0 aromatic heterocycles. The lowest BCUT2D eigenvalue weighted by Gasteiger charge is -2.28. The van der Waals surface area contributed by atoms with Crippen LogP contribution >= 0.6 is 11.6 Å². The van der Waals surface area contributed by atoms with Crippen LogP contribution in [0.4, 0.5) is 0 Å². The summed E-state index contributed by atoms with van der Waals surface area (Å²) < 4.78 is 0. The summed E-state index contributed by atoms with van der Waals surface area (Å²) in [5, 5.41) is 2.70. The van der Waals surface area contributed by atoms with Gasteiger partial charge in [-0.25, -0.2) is 0 Å². The average Bonchev–Trinajstić information content (AvgIpc) is 3.02. The first-order valence-electron chi connectivity index (χ1n) is 6.11. The largest absolute Gasteiger partial charge is 0.352 e. The van der Waals surface area contributed by atoms with Gasteiger partial charge in [0, 0.05) is 6.04 Å². The molecule has 2 aliphatic carbocycles. The van der Waals surface area contributed by atoms with Crippen molar-refractivity contribution in [1.29, 1.82) is 0 Å². The van der Waals surface area contributed by atoms with Gasteiger partial charge in [-0.2, -0.15) is 0 Å². The summed E-state index contributed by atoms with van der Waals surface area (Å²) in [6, 6.07) is 0.432. The van der Waals surface area contributed by atoms with E-state index in [0.29, 0.717) is 12.0 Å². The molecule has 0 radical (unpaired) electrons. The van der Waals surface area contributed by atoms with Gasteiger partial charge in [0.15, 0.2) is 0 Å². The number of carbonyl (C=O) groups is 1. The van der Waals surface area contributed by atoms with E-state index in [1.807, 2.05) is 0 Å². The second-order valence-corrected chi connectivity index (χ2v) is 5.67. The number of nitrogens with one attached hydrogen (secondary N) is 1. The Morgan fingerprint density at radius 1 is 1.20 bits per heavy atom. The Kier molecular flexibility index (Phi) is 3.55. The minimum absolute atomic E-state index is 0.0683. The highest BCUT2D eigenvalue weighted by atomic mass is 35.5. The zero-order valence-electron chi connectivity index (χ0n) is 9.34. The van der Waals surface area contributed by atoms with E-state index in [1.54, 1.807) is 0 Å². The van der Waals surface area contributed by atoms with Crippen LogP contribution in [0, 0.1) is 11.8 Å². The summed E-state index contributed by atoms with van der Waals surface area (Å²) in [7, 11) is 0. The fraction of sp³-hybridized carbons (Fsp3) is 0.917. The molecular formula is C12H20ClNO. The van der Waals surface area contributed by atoms with E-state index in [1.165, 1.54) is 12.8 Å². The van der Waals surface area contributed by atoms with Crippen molar-refractivity contribution >= 4 is 17.5 Å². The van der Waals surface area contributed by atoms with Crippen LogP contribution in [-0.2, 0) is 4.79 Å². The molecule has 15 heavy (non-hydrogen) atoms. The minimum Gasteiger partial charge on any atom is -0.352 e. The van der Waals surface area contributed by atoms with Crippen molar-refractivity contribution in [2.45, 2.75) is 56.9 Å². The lowest BCUT2D eigenvalue weighted by Crippen LogP contribution is -2.38. The number of carbonyl (C=O) groups excluding carboxylic acids is 1. The summed E-state index contributed by atoms with van der Waals surface area (Å²) in [4.78, 5) is 11.7. The molecular weight excluding hydrogens is 210 g/mol. The van der Waals surface area contributed by atoms with Gasteiger partial charge >= 0.3 is 0 Å². The highest BCUT2D eigenvalue weighted by molar-refractivity contribution is 6.31. The van der Waals surface area contributed by atoms with Gasteiger partial charge in [0.25, 0.3) is 0 Å². The van der Waals surface area contributed by atoms with Gasteiger partial charge < -0.3 is 5.32 Å². The summed E-state index contributed by atoms with van der Waals surface area (Å²) in [5.74, 6) is 1.29. The predicted molar refractivity (Wildman–Crippen MR) is 61.9 cm³/mol. The molecule has 0 heterocycles. The normalized spacial score (nSPS) is 33.5. The van der Waals surface area contributed by atoms with E-state index >= 15 is 0 Å². The molecule has 2 rings (SSSR count). The molecule has 2 fully saturated rings. The van der Waals surface area contributed by atoms with E-state index in [9.17, 15) is 4.79 Å². The number of hydrogen-bond acceptors (Lipinski definition) is 1. The van der Waals surface area contributed by atoms with E-state index in [-0.39, 0.29) is 11.3 Å². The van der Waals surface area contributed by atoms with Crippen molar-refractivity contribution in [1.82, 2.24) is 5.32 Å². The zero-order chi connectivity index (χ0) is 10.8. The van der Waals surface area contributed by atoms with Crippen molar-refractivity contribution in [3.8, 4) is 0 Å². The predicted octanol–water partition coefficient (Wildman–Crippen LogP) is 2.70. The molecule has 2 aliphatic rings. The highest BCUT2D eigenvalue weighted by Crippen LogP contribution is 2.33. The zero-order valence-corrected chi connectivity index (χ0v) is 10.1. The smallest absolute Gasteiger partial charge is 0.238 e. The summed E-state index contributed by atoms with van der Waals surface area (Å²) in [6.07, 6.45) is 6.96. The van der Waals surface area contributed by atoms with Gasteiger partial charge in [-0.05, 0) is 37.5 Å². The Morgan fingerprint density at radius 2 is 1.80 bits per heavy atom. The number of hydrogen-bond donors (Lipinski definition) is 1. The van der Waals surface area contributed by atoms with Crippen LogP contribution in [0.1, 0.15) is 45.4 Å². The Bertz CT molecular complexity index is 232. The van der Waals surface area contributed by atoms with Gasteiger partial charge in [-0.3, -0.25) is 4.79 Å². The lowest BCUT2D eigenvalue weighted by atomic mass is 9.81. The SMILES string of the molecule is CC1CCC(C(Cl)C(=O)NC2CC2)CC1. The Morgan fingerprint density at radius 3 is 2.33 bits per heavy atom. The Balaban J connectivity index is 1.78. The molecule has 0 bridgehead atoms. The monoisotopic (exact) mass is 229 g/mol. The molecule has 86 valence electrons. The maximum Gasteiger partial charge on any atom is 0.238 e. The summed E-state index contributed by atoms with van der Waals surface area (Å²) in [6.45, 7) is 2.28. The molecule has 1 atom stereocenters. The molecule has 0 aromatic carbocycles. The van der Waals surface area contributed by atoms with Crippen LogP contribution in [0.5, 0.6) is 0 Å². The maximum absolute atomic E-state index is 11.7. The van der Waals surface area contributed by atoms with Crippen molar-refractivity contribution in [2.75, 3.05) is 0 Å². The van der Waals surface area contributed by atoms with Gasteiger partial charge in [0.05, 0.1) is 0 Å². The molecule has 3 heteroatoms. The first kappa shape index (κ1) is 11.3. The van der Waals surface area contributed by atoms with Gasteiger partial charge in [-0.1, -0.05) is 19.8 Å². The first-order valence-corrected chi connectivity index (χ1v) is 6.55. The van der Waals surface area contributed by atoms with Crippen LogP contribution in [-0.4, -0.2) is 17.3 Å². The molecule has 1 unspecified atom stereocenters. The quantitative estimate of drug-likeness (QED) is 0.741. The maximum atomic E-state index is 11.7. The summed E-state index contributed by atoms with van der Waals surface area (Å²) >= 11 is 6.22. The topological polar surface area (TPSA) is 29.1 Å². The van der Waals surface area contributed by atoms with E-state index in [2.05, 4.69) is 12.2 Å².